The van der Waals surface area contributed by atoms with E-state index in [1.54, 1.807) is 0 Å². The quantitative estimate of drug-likeness (QED) is 0.722. The molecule has 1 aromatic rings. The van der Waals surface area contributed by atoms with Gasteiger partial charge >= 0.3 is 0 Å². The van der Waals surface area contributed by atoms with Gasteiger partial charge < -0.3 is 5.32 Å². The summed E-state index contributed by atoms with van der Waals surface area (Å²) >= 11 is 0. The number of nitrogens with zero attached hydrogens (tertiary/aromatic N) is 1. The summed E-state index contributed by atoms with van der Waals surface area (Å²) in [6.07, 6.45) is 6.31. The van der Waals surface area contributed by atoms with Crippen LogP contribution in [0.15, 0.2) is 24.5 Å². The predicted molar refractivity (Wildman–Crippen MR) is 51.5 cm³/mol. The minimum atomic E-state index is 0. The second kappa shape index (κ2) is 4.43. The van der Waals surface area contributed by atoms with Gasteiger partial charge in [0.25, 0.3) is 0 Å². The van der Waals surface area contributed by atoms with Crippen molar-refractivity contribution in [1.82, 2.24) is 10.3 Å². The molecule has 1 atom stereocenters. The molecule has 1 fully saturated rings. The minimum absolute atomic E-state index is 0. The molecule has 2 nitrogen and oxygen atoms in total. The van der Waals surface area contributed by atoms with Gasteiger partial charge in [-0.05, 0) is 31.0 Å². The number of rotatable bonds is 1. The number of nitrogens with one attached hydrogen (secondary N) is 1. The summed E-state index contributed by atoms with van der Waals surface area (Å²) in [5.41, 5.74) is 1.32. The highest BCUT2D eigenvalue weighted by atomic mass is 35.5. The molecule has 1 N–H and O–H groups in total. The Hall–Kier alpha value is -0.600. The maximum atomic E-state index is 4.09. The van der Waals surface area contributed by atoms with Gasteiger partial charge in [0.05, 0.1) is 0 Å². The summed E-state index contributed by atoms with van der Waals surface area (Å²) in [5.74, 6) is 0. The van der Waals surface area contributed by atoms with Gasteiger partial charge in [0.2, 0.25) is 0 Å². The average Bonchev–Trinajstić information content (AvgIpc) is 2.58. The van der Waals surface area contributed by atoms with E-state index in [0.717, 1.165) is 6.54 Å². The normalized spacial score (nSPS) is 21.8. The zero-order valence-corrected chi connectivity index (χ0v) is 7.68. The molecule has 0 unspecified atom stereocenters. The summed E-state index contributed by atoms with van der Waals surface area (Å²) in [7, 11) is 0. The van der Waals surface area contributed by atoms with E-state index < -0.39 is 0 Å². The van der Waals surface area contributed by atoms with Crippen molar-refractivity contribution in [2.24, 2.45) is 0 Å². The van der Waals surface area contributed by atoms with Crippen LogP contribution in [0.1, 0.15) is 24.4 Å². The fourth-order valence-electron chi connectivity index (χ4n) is 1.55. The highest BCUT2D eigenvalue weighted by Crippen LogP contribution is 2.21. The lowest BCUT2D eigenvalue weighted by molar-refractivity contribution is 0.645. The van der Waals surface area contributed by atoms with Crippen LogP contribution in [0.3, 0.4) is 0 Å². The SMILES string of the molecule is Cl.c1cncc([C@H]2CCCN2)c1. The van der Waals surface area contributed by atoms with Gasteiger partial charge in [0, 0.05) is 18.4 Å². The monoisotopic (exact) mass is 184 g/mol. The molecule has 12 heavy (non-hydrogen) atoms. The van der Waals surface area contributed by atoms with Crippen molar-refractivity contribution in [3.05, 3.63) is 30.1 Å². The molecule has 3 heteroatoms. The third-order valence-corrected chi connectivity index (χ3v) is 2.15. The Kier molecular flexibility index (Phi) is 3.50. The molecule has 1 aromatic heterocycles. The Morgan fingerprint density at radius 1 is 1.50 bits per heavy atom. The van der Waals surface area contributed by atoms with E-state index >= 15 is 0 Å². The van der Waals surface area contributed by atoms with Crippen LogP contribution in [-0.4, -0.2) is 11.5 Å². The van der Waals surface area contributed by atoms with Gasteiger partial charge in [0.1, 0.15) is 0 Å². The van der Waals surface area contributed by atoms with Crippen molar-refractivity contribution in [3.63, 3.8) is 0 Å². The lowest BCUT2D eigenvalue weighted by Gasteiger charge is -2.08. The van der Waals surface area contributed by atoms with E-state index in [-0.39, 0.29) is 12.4 Å². The second-order valence-corrected chi connectivity index (χ2v) is 2.94. The first-order valence-corrected chi connectivity index (χ1v) is 4.10. The summed E-state index contributed by atoms with van der Waals surface area (Å²) < 4.78 is 0. The van der Waals surface area contributed by atoms with Gasteiger partial charge in [-0.25, -0.2) is 0 Å². The zero-order chi connectivity index (χ0) is 7.52. The van der Waals surface area contributed by atoms with Crippen molar-refractivity contribution in [1.29, 1.82) is 0 Å². The van der Waals surface area contributed by atoms with Crippen LogP contribution in [0.2, 0.25) is 0 Å². The van der Waals surface area contributed by atoms with Crippen LogP contribution in [0.5, 0.6) is 0 Å². The zero-order valence-electron chi connectivity index (χ0n) is 6.86. The Labute approximate surface area is 78.8 Å². The summed E-state index contributed by atoms with van der Waals surface area (Å²) in [5, 5.41) is 3.43. The highest BCUT2D eigenvalue weighted by Gasteiger charge is 2.15. The lowest BCUT2D eigenvalue weighted by Crippen LogP contribution is -2.12. The first-order chi connectivity index (χ1) is 5.47. The smallest absolute Gasteiger partial charge is 0.0335 e. The second-order valence-electron chi connectivity index (χ2n) is 2.94. The molecule has 0 aliphatic carbocycles. The van der Waals surface area contributed by atoms with Gasteiger partial charge in [-0.3, -0.25) is 4.98 Å². The average molecular weight is 185 g/mol. The van der Waals surface area contributed by atoms with Crippen LogP contribution in [0.25, 0.3) is 0 Å². The van der Waals surface area contributed by atoms with E-state index in [2.05, 4.69) is 16.4 Å². The Morgan fingerprint density at radius 3 is 3.00 bits per heavy atom. The Morgan fingerprint density at radius 2 is 2.42 bits per heavy atom. The number of pyridine rings is 1. The molecule has 0 saturated carbocycles. The molecule has 1 aliphatic heterocycles. The fourth-order valence-corrected chi connectivity index (χ4v) is 1.55. The molecule has 1 aliphatic rings. The number of hydrogen-bond acceptors (Lipinski definition) is 2. The molecule has 2 rings (SSSR count). The van der Waals surface area contributed by atoms with Crippen molar-refractivity contribution in [2.75, 3.05) is 6.54 Å². The van der Waals surface area contributed by atoms with Gasteiger partial charge in [-0.2, -0.15) is 0 Å². The lowest BCUT2D eigenvalue weighted by atomic mass is 10.1. The molecule has 0 aromatic carbocycles. The minimum Gasteiger partial charge on any atom is -0.310 e. The Bertz CT molecular complexity index is 219. The van der Waals surface area contributed by atoms with E-state index in [9.17, 15) is 0 Å². The third-order valence-electron chi connectivity index (χ3n) is 2.15. The predicted octanol–water partition coefficient (Wildman–Crippen LogP) is 1.93. The first kappa shape index (κ1) is 9.49. The van der Waals surface area contributed by atoms with Gasteiger partial charge in [-0.1, -0.05) is 6.07 Å². The largest absolute Gasteiger partial charge is 0.310 e. The summed E-state index contributed by atoms with van der Waals surface area (Å²) in [4.78, 5) is 4.09. The molecule has 66 valence electrons. The maximum absolute atomic E-state index is 4.09. The molecule has 0 amide bonds. The molecular weight excluding hydrogens is 172 g/mol. The van der Waals surface area contributed by atoms with Crippen molar-refractivity contribution in [2.45, 2.75) is 18.9 Å². The number of aromatic nitrogens is 1. The van der Waals surface area contributed by atoms with E-state index in [0.29, 0.717) is 6.04 Å². The van der Waals surface area contributed by atoms with Gasteiger partial charge in [-0.15, -0.1) is 12.4 Å². The standard InChI is InChI=1S/C9H12N2.ClH/c1-3-8(7-10-5-1)9-4-2-6-11-9;/h1,3,5,7,9,11H,2,4,6H2;1H/t9-;/m1./s1. The van der Waals surface area contributed by atoms with Crippen molar-refractivity contribution >= 4 is 12.4 Å². The highest BCUT2D eigenvalue weighted by molar-refractivity contribution is 5.85. The molecular formula is C9H13ClN2. The molecule has 0 bridgehead atoms. The van der Waals surface area contributed by atoms with Crippen LogP contribution in [0.4, 0.5) is 0 Å². The molecule has 1 saturated heterocycles. The number of hydrogen-bond donors (Lipinski definition) is 1. The van der Waals surface area contributed by atoms with Crippen LogP contribution < -0.4 is 5.32 Å². The number of halogens is 1. The summed E-state index contributed by atoms with van der Waals surface area (Å²) in [6, 6.07) is 4.69. The van der Waals surface area contributed by atoms with Crippen molar-refractivity contribution < 1.29 is 0 Å². The van der Waals surface area contributed by atoms with Crippen molar-refractivity contribution in [3.8, 4) is 0 Å². The third kappa shape index (κ3) is 1.96. The van der Waals surface area contributed by atoms with Crippen LogP contribution in [-0.2, 0) is 0 Å². The topological polar surface area (TPSA) is 24.9 Å². The van der Waals surface area contributed by atoms with Crippen LogP contribution in [0, 0.1) is 0 Å². The fraction of sp³-hybridized carbons (Fsp3) is 0.444. The van der Waals surface area contributed by atoms with Crippen LogP contribution >= 0.6 is 12.4 Å². The molecule has 0 radical (unpaired) electrons. The summed E-state index contributed by atoms with van der Waals surface area (Å²) in [6.45, 7) is 1.15. The van der Waals surface area contributed by atoms with E-state index in [1.165, 1.54) is 18.4 Å². The van der Waals surface area contributed by atoms with E-state index in [1.807, 2.05) is 18.5 Å². The maximum Gasteiger partial charge on any atom is 0.0335 e. The van der Waals surface area contributed by atoms with Gasteiger partial charge in [0.15, 0.2) is 0 Å². The van der Waals surface area contributed by atoms with E-state index in [4.69, 9.17) is 0 Å². The molecule has 0 spiro atoms. The first-order valence-electron chi connectivity index (χ1n) is 4.10. The molecule has 2 heterocycles. The Balaban J connectivity index is 0.000000720.